The molecule has 88 valence electrons. The summed E-state index contributed by atoms with van der Waals surface area (Å²) in [4.78, 5) is 0. The summed E-state index contributed by atoms with van der Waals surface area (Å²) < 4.78 is 0. The molecule has 1 aromatic carbocycles. The van der Waals surface area contributed by atoms with Crippen molar-refractivity contribution in [2.24, 2.45) is 5.92 Å². The van der Waals surface area contributed by atoms with Gasteiger partial charge in [0.05, 0.1) is 0 Å². The van der Waals surface area contributed by atoms with Gasteiger partial charge in [-0.2, -0.15) is 0 Å². The highest BCUT2D eigenvalue weighted by Crippen LogP contribution is 2.31. The second-order valence-corrected chi connectivity index (χ2v) is 5.55. The average Bonchev–Trinajstić information content (AvgIpc) is 2.19. The van der Waals surface area contributed by atoms with Crippen LogP contribution in [0.5, 0.6) is 0 Å². The van der Waals surface area contributed by atoms with Gasteiger partial charge in [0.1, 0.15) is 0 Å². The van der Waals surface area contributed by atoms with Gasteiger partial charge in [-0.25, -0.2) is 0 Å². The molecule has 0 unspecified atom stereocenters. The molecule has 1 N–H and O–H groups in total. The van der Waals surface area contributed by atoms with Crippen LogP contribution < -0.4 is 5.32 Å². The maximum atomic E-state index is 5.96. The molecule has 0 aromatic heterocycles. The number of nitrogens with one attached hydrogen (secondary N) is 1. The minimum atomic E-state index is 0.437. The summed E-state index contributed by atoms with van der Waals surface area (Å²) in [5, 5.41) is 3.98. The first-order valence-corrected chi connectivity index (χ1v) is 6.50. The van der Waals surface area contributed by atoms with E-state index in [9.17, 15) is 0 Å². The number of hydrogen-bond donors (Lipinski definition) is 1. The van der Waals surface area contributed by atoms with Crippen molar-refractivity contribution in [3.05, 3.63) is 34.9 Å². The van der Waals surface area contributed by atoms with Gasteiger partial charge < -0.3 is 5.32 Å². The third kappa shape index (κ3) is 2.78. The predicted molar refractivity (Wildman–Crippen MR) is 70.0 cm³/mol. The minimum absolute atomic E-state index is 0.437. The van der Waals surface area contributed by atoms with Crippen molar-refractivity contribution in [1.82, 2.24) is 5.32 Å². The van der Waals surface area contributed by atoms with E-state index in [0.29, 0.717) is 5.38 Å². The number of halogens is 1. The van der Waals surface area contributed by atoms with Crippen molar-refractivity contribution in [1.29, 1.82) is 0 Å². The molecule has 0 aliphatic heterocycles. The third-order valence-electron chi connectivity index (χ3n) is 3.56. The number of rotatable bonds is 4. The Morgan fingerprint density at radius 3 is 2.44 bits per heavy atom. The molecule has 0 spiro atoms. The summed E-state index contributed by atoms with van der Waals surface area (Å²) in [5.41, 5.74) is 4.22. The minimum Gasteiger partial charge on any atom is -0.312 e. The summed E-state index contributed by atoms with van der Waals surface area (Å²) in [5.74, 6) is 0.798. The van der Waals surface area contributed by atoms with Crippen LogP contribution in [0.25, 0.3) is 0 Å². The molecule has 2 rings (SSSR count). The van der Waals surface area contributed by atoms with Gasteiger partial charge in [-0.1, -0.05) is 18.2 Å². The fourth-order valence-electron chi connectivity index (χ4n) is 2.35. The van der Waals surface area contributed by atoms with Crippen LogP contribution in [0.4, 0.5) is 0 Å². The van der Waals surface area contributed by atoms with E-state index in [1.54, 1.807) is 0 Å². The van der Waals surface area contributed by atoms with Crippen LogP contribution in [0.2, 0.25) is 0 Å². The molecule has 0 amide bonds. The molecule has 1 saturated carbocycles. The molecule has 0 radical (unpaired) electrons. The largest absolute Gasteiger partial charge is 0.312 e. The molecule has 0 saturated heterocycles. The van der Waals surface area contributed by atoms with Crippen molar-refractivity contribution in [2.45, 2.75) is 38.6 Å². The first-order valence-electron chi connectivity index (χ1n) is 6.06. The molecule has 16 heavy (non-hydrogen) atoms. The van der Waals surface area contributed by atoms with Crippen molar-refractivity contribution in [3.63, 3.8) is 0 Å². The topological polar surface area (TPSA) is 12.0 Å². The lowest BCUT2D eigenvalue weighted by atomic mass is 9.85. The van der Waals surface area contributed by atoms with Crippen molar-refractivity contribution in [3.8, 4) is 0 Å². The molecule has 0 atom stereocenters. The molecule has 1 aromatic rings. The standard InChI is InChI=1S/C14H20ClN/c1-10-4-3-5-11(2)14(10)9-16-8-12-6-13(15)7-12/h3-5,12-13,16H,6-9H2,1-2H3. The van der Waals surface area contributed by atoms with E-state index in [-0.39, 0.29) is 0 Å². The van der Waals surface area contributed by atoms with E-state index >= 15 is 0 Å². The number of alkyl halides is 1. The van der Waals surface area contributed by atoms with Crippen LogP contribution in [0.3, 0.4) is 0 Å². The Bertz CT molecular complexity index is 336. The second kappa shape index (κ2) is 5.20. The third-order valence-corrected chi connectivity index (χ3v) is 3.91. The molecular formula is C14H20ClN. The van der Waals surface area contributed by atoms with Gasteiger partial charge >= 0.3 is 0 Å². The van der Waals surface area contributed by atoms with Gasteiger partial charge in [0.25, 0.3) is 0 Å². The normalized spacial score (nSPS) is 24.2. The summed E-state index contributed by atoms with van der Waals surface area (Å²) >= 11 is 5.96. The molecule has 0 heterocycles. The van der Waals surface area contributed by atoms with Crippen molar-refractivity contribution < 1.29 is 0 Å². The first kappa shape index (κ1) is 11.9. The van der Waals surface area contributed by atoms with E-state index in [2.05, 4.69) is 37.4 Å². The van der Waals surface area contributed by atoms with Gasteiger partial charge in [-0.05, 0) is 55.8 Å². The molecule has 1 fully saturated rings. The lowest BCUT2D eigenvalue weighted by Gasteiger charge is -2.31. The van der Waals surface area contributed by atoms with Crippen LogP contribution in [0, 0.1) is 19.8 Å². The maximum absolute atomic E-state index is 5.96. The van der Waals surface area contributed by atoms with E-state index in [0.717, 1.165) is 19.0 Å². The van der Waals surface area contributed by atoms with Crippen LogP contribution in [0.15, 0.2) is 18.2 Å². The van der Waals surface area contributed by atoms with Gasteiger partial charge in [-0.15, -0.1) is 11.6 Å². The van der Waals surface area contributed by atoms with Crippen LogP contribution >= 0.6 is 11.6 Å². The summed E-state index contributed by atoms with van der Waals surface area (Å²) in [6, 6.07) is 6.49. The van der Waals surface area contributed by atoms with E-state index in [1.807, 2.05) is 0 Å². The molecular weight excluding hydrogens is 218 g/mol. The summed E-state index contributed by atoms with van der Waals surface area (Å²) in [7, 11) is 0. The van der Waals surface area contributed by atoms with Crippen molar-refractivity contribution >= 4 is 11.6 Å². The number of benzene rings is 1. The lowest BCUT2D eigenvalue weighted by molar-refractivity contribution is 0.308. The zero-order chi connectivity index (χ0) is 11.5. The molecule has 2 heteroatoms. The fraction of sp³-hybridized carbons (Fsp3) is 0.571. The van der Waals surface area contributed by atoms with Gasteiger partial charge in [0.2, 0.25) is 0 Å². The maximum Gasteiger partial charge on any atom is 0.0342 e. The van der Waals surface area contributed by atoms with E-state index in [1.165, 1.54) is 29.5 Å². The Hall–Kier alpha value is -0.530. The SMILES string of the molecule is Cc1cccc(C)c1CNCC1CC(Cl)C1. The second-order valence-electron chi connectivity index (χ2n) is 4.94. The summed E-state index contributed by atoms with van der Waals surface area (Å²) in [6.45, 7) is 6.46. The Kier molecular flexibility index (Phi) is 3.88. The average molecular weight is 238 g/mol. The molecule has 1 nitrogen and oxygen atoms in total. The van der Waals surface area contributed by atoms with Gasteiger partial charge in [-0.3, -0.25) is 0 Å². The Balaban J connectivity index is 1.81. The van der Waals surface area contributed by atoms with Gasteiger partial charge in [0, 0.05) is 11.9 Å². The predicted octanol–water partition coefficient (Wildman–Crippen LogP) is 3.41. The molecule has 1 aliphatic rings. The zero-order valence-corrected chi connectivity index (χ0v) is 10.8. The summed E-state index contributed by atoms with van der Waals surface area (Å²) in [6.07, 6.45) is 2.36. The van der Waals surface area contributed by atoms with Gasteiger partial charge in [0.15, 0.2) is 0 Å². The highest BCUT2D eigenvalue weighted by atomic mass is 35.5. The Labute approximate surface area is 103 Å². The molecule has 1 aliphatic carbocycles. The van der Waals surface area contributed by atoms with Crippen LogP contribution in [-0.4, -0.2) is 11.9 Å². The monoisotopic (exact) mass is 237 g/mol. The number of aryl methyl sites for hydroxylation is 2. The quantitative estimate of drug-likeness (QED) is 0.792. The molecule has 0 bridgehead atoms. The number of hydrogen-bond acceptors (Lipinski definition) is 1. The van der Waals surface area contributed by atoms with Crippen LogP contribution in [0.1, 0.15) is 29.5 Å². The van der Waals surface area contributed by atoms with E-state index in [4.69, 9.17) is 11.6 Å². The lowest BCUT2D eigenvalue weighted by Crippen LogP contribution is -2.33. The highest BCUT2D eigenvalue weighted by molar-refractivity contribution is 6.21. The Morgan fingerprint density at radius 2 is 1.88 bits per heavy atom. The smallest absolute Gasteiger partial charge is 0.0342 e. The zero-order valence-electron chi connectivity index (χ0n) is 10.1. The van der Waals surface area contributed by atoms with Crippen LogP contribution in [-0.2, 0) is 6.54 Å². The van der Waals surface area contributed by atoms with Crippen molar-refractivity contribution in [2.75, 3.05) is 6.54 Å². The van der Waals surface area contributed by atoms with E-state index < -0.39 is 0 Å². The Morgan fingerprint density at radius 1 is 1.25 bits per heavy atom. The highest BCUT2D eigenvalue weighted by Gasteiger charge is 2.26. The fourth-order valence-corrected chi connectivity index (χ4v) is 2.85. The first-order chi connectivity index (χ1) is 7.66.